The minimum Gasteiger partial charge on any atom is -0.461 e. The van der Waals surface area contributed by atoms with Crippen LogP contribution < -0.4 is 10.5 Å². The fourth-order valence-corrected chi connectivity index (χ4v) is 3.84. The van der Waals surface area contributed by atoms with E-state index in [4.69, 9.17) is 10.5 Å². The molecule has 0 radical (unpaired) electrons. The summed E-state index contributed by atoms with van der Waals surface area (Å²) < 4.78 is 32.0. The van der Waals surface area contributed by atoms with Gasteiger partial charge in [0, 0.05) is 6.04 Å². The molecule has 0 saturated heterocycles. The van der Waals surface area contributed by atoms with Gasteiger partial charge in [0.1, 0.15) is 12.0 Å². The van der Waals surface area contributed by atoms with Crippen molar-refractivity contribution in [2.24, 2.45) is 5.73 Å². The molecule has 23 heavy (non-hydrogen) atoms. The van der Waals surface area contributed by atoms with Gasteiger partial charge in [0.2, 0.25) is 10.0 Å². The van der Waals surface area contributed by atoms with Crippen LogP contribution in [0.5, 0.6) is 0 Å². The third kappa shape index (κ3) is 5.93. The lowest BCUT2D eigenvalue weighted by Gasteiger charge is -2.24. The largest absolute Gasteiger partial charge is 0.461 e. The van der Waals surface area contributed by atoms with E-state index in [9.17, 15) is 13.2 Å². The van der Waals surface area contributed by atoms with E-state index in [-0.39, 0.29) is 19.1 Å². The molecule has 7 heteroatoms. The van der Waals surface area contributed by atoms with Crippen LogP contribution in [-0.2, 0) is 26.2 Å². The summed E-state index contributed by atoms with van der Waals surface area (Å²) in [4.78, 5) is 11.8. The van der Waals surface area contributed by atoms with Crippen molar-refractivity contribution in [2.45, 2.75) is 56.5 Å². The zero-order valence-electron chi connectivity index (χ0n) is 13.1. The number of nitrogens with two attached hydrogens (primary N) is 1. The number of hydrogen-bond donors (Lipinski definition) is 2. The Morgan fingerprint density at radius 3 is 2.52 bits per heavy atom. The molecule has 1 saturated carbocycles. The van der Waals surface area contributed by atoms with Crippen LogP contribution in [0.15, 0.2) is 30.3 Å². The first kappa shape index (κ1) is 17.9. The number of ether oxygens (including phenoxy) is 1. The molecule has 0 bridgehead atoms. The first-order valence-electron chi connectivity index (χ1n) is 7.93. The number of nitrogens with one attached hydrogen (secondary N) is 1. The molecule has 1 aromatic carbocycles. The minimum atomic E-state index is -3.71. The van der Waals surface area contributed by atoms with Gasteiger partial charge >= 0.3 is 5.97 Å². The summed E-state index contributed by atoms with van der Waals surface area (Å²) in [6, 6.07) is 9.13. The monoisotopic (exact) mass is 340 g/mol. The highest BCUT2D eigenvalue weighted by Gasteiger charge is 2.28. The smallest absolute Gasteiger partial charge is 0.308 e. The van der Waals surface area contributed by atoms with Crippen LogP contribution in [0.25, 0.3) is 0 Å². The van der Waals surface area contributed by atoms with Gasteiger partial charge in [-0.25, -0.2) is 13.1 Å². The van der Waals surface area contributed by atoms with Gasteiger partial charge < -0.3 is 10.5 Å². The molecule has 6 nitrogen and oxygen atoms in total. The van der Waals surface area contributed by atoms with Gasteiger partial charge in [0.15, 0.2) is 0 Å². The number of esters is 1. The fourth-order valence-electron chi connectivity index (χ4n) is 2.61. The maximum atomic E-state index is 12.2. The maximum absolute atomic E-state index is 12.2. The molecule has 0 aromatic heterocycles. The molecule has 0 amide bonds. The normalized spacial score (nSPS) is 17.6. The molecule has 2 rings (SSSR count). The summed E-state index contributed by atoms with van der Waals surface area (Å²) in [6.45, 7) is 0.114. The van der Waals surface area contributed by atoms with Gasteiger partial charge in [0.25, 0.3) is 0 Å². The summed E-state index contributed by atoms with van der Waals surface area (Å²) in [7, 11) is -3.71. The van der Waals surface area contributed by atoms with Crippen LogP contribution >= 0.6 is 0 Å². The number of carbonyl (C=O) groups is 1. The Balaban J connectivity index is 1.79. The van der Waals surface area contributed by atoms with Gasteiger partial charge in [0.05, 0.1) is 6.42 Å². The predicted octanol–water partition coefficient (Wildman–Crippen LogP) is 1.66. The first-order chi connectivity index (χ1) is 11.0. The molecule has 0 heterocycles. The average molecular weight is 340 g/mol. The molecule has 1 fully saturated rings. The standard InChI is InChI=1S/C16H24N2O4S/c17-15(23(20,21)18-14-9-5-2-6-10-14)11-16(19)22-12-13-7-3-1-4-8-13/h1,3-4,7-8,14-15,18H,2,5-6,9-12,17H2. The minimum absolute atomic E-state index is 0.0693. The Labute approximate surface area is 137 Å². The van der Waals surface area contributed by atoms with E-state index >= 15 is 0 Å². The molecule has 1 aliphatic rings. The number of sulfonamides is 1. The predicted molar refractivity (Wildman–Crippen MR) is 87.8 cm³/mol. The summed E-state index contributed by atoms with van der Waals surface area (Å²) in [5.74, 6) is -0.615. The summed E-state index contributed by atoms with van der Waals surface area (Å²) in [6.07, 6.45) is 4.46. The van der Waals surface area contributed by atoms with E-state index in [0.717, 1.165) is 37.7 Å². The third-order valence-corrected chi connectivity index (χ3v) is 5.57. The van der Waals surface area contributed by atoms with Crippen LogP contribution in [0.3, 0.4) is 0 Å². The molecular weight excluding hydrogens is 316 g/mol. The van der Waals surface area contributed by atoms with Crippen molar-refractivity contribution in [1.82, 2.24) is 4.72 Å². The molecular formula is C16H24N2O4S. The van der Waals surface area contributed by atoms with Crippen LogP contribution in [0.2, 0.25) is 0 Å². The molecule has 0 aliphatic heterocycles. The second kappa shape index (κ2) is 8.42. The quantitative estimate of drug-likeness (QED) is 0.736. The zero-order valence-corrected chi connectivity index (χ0v) is 13.9. The van der Waals surface area contributed by atoms with E-state index in [2.05, 4.69) is 4.72 Å². The average Bonchev–Trinajstić information content (AvgIpc) is 2.54. The Morgan fingerprint density at radius 1 is 1.22 bits per heavy atom. The van der Waals surface area contributed by atoms with Gasteiger partial charge in [-0.2, -0.15) is 0 Å². The molecule has 3 N–H and O–H groups in total. The summed E-state index contributed by atoms with van der Waals surface area (Å²) >= 11 is 0. The number of hydrogen-bond acceptors (Lipinski definition) is 5. The highest BCUT2D eigenvalue weighted by atomic mass is 32.2. The Kier molecular flexibility index (Phi) is 6.56. The van der Waals surface area contributed by atoms with Crippen molar-refractivity contribution in [3.05, 3.63) is 35.9 Å². The van der Waals surface area contributed by atoms with Crippen LogP contribution in [0.4, 0.5) is 0 Å². The van der Waals surface area contributed by atoms with Crippen molar-refractivity contribution in [2.75, 3.05) is 0 Å². The van der Waals surface area contributed by atoms with Gasteiger partial charge in [-0.15, -0.1) is 0 Å². The van der Waals surface area contributed by atoms with Gasteiger partial charge in [-0.05, 0) is 18.4 Å². The molecule has 1 unspecified atom stereocenters. The summed E-state index contributed by atoms with van der Waals surface area (Å²) in [5, 5.41) is -1.28. The lowest BCUT2D eigenvalue weighted by atomic mass is 9.96. The van der Waals surface area contributed by atoms with Crippen molar-refractivity contribution < 1.29 is 17.9 Å². The molecule has 1 aliphatic carbocycles. The highest BCUT2D eigenvalue weighted by Crippen LogP contribution is 2.18. The number of carbonyl (C=O) groups excluding carboxylic acids is 1. The lowest BCUT2D eigenvalue weighted by molar-refractivity contribution is -0.144. The Morgan fingerprint density at radius 2 is 1.87 bits per heavy atom. The van der Waals surface area contributed by atoms with Crippen molar-refractivity contribution in [3.8, 4) is 0 Å². The van der Waals surface area contributed by atoms with E-state index in [1.807, 2.05) is 30.3 Å². The molecule has 0 spiro atoms. The van der Waals surface area contributed by atoms with Crippen molar-refractivity contribution in [1.29, 1.82) is 0 Å². The third-order valence-electron chi connectivity index (χ3n) is 3.95. The van der Waals surface area contributed by atoms with Gasteiger partial charge in [-0.1, -0.05) is 49.6 Å². The lowest BCUT2D eigenvalue weighted by Crippen LogP contribution is -2.46. The van der Waals surface area contributed by atoms with Crippen LogP contribution in [0, 0.1) is 0 Å². The van der Waals surface area contributed by atoms with Crippen molar-refractivity contribution in [3.63, 3.8) is 0 Å². The Bertz CT molecular complexity index is 598. The molecule has 1 atom stereocenters. The van der Waals surface area contributed by atoms with E-state index in [0.29, 0.717) is 0 Å². The van der Waals surface area contributed by atoms with Crippen LogP contribution in [0.1, 0.15) is 44.1 Å². The van der Waals surface area contributed by atoms with Gasteiger partial charge in [-0.3, -0.25) is 4.79 Å². The maximum Gasteiger partial charge on any atom is 0.308 e. The number of benzene rings is 1. The second-order valence-electron chi connectivity index (χ2n) is 5.89. The summed E-state index contributed by atoms with van der Waals surface area (Å²) in [5.41, 5.74) is 6.53. The van der Waals surface area contributed by atoms with E-state index in [1.54, 1.807) is 0 Å². The second-order valence-corrected chi connectivity index (χ2v) is 7.82. The number of rotatable bonds is 7. The van der Waals surface area contributed by atoms with E-state index in [1.165, 1.54) is 0 Å². The zero-order chi connectivity index (χ0) is 16.7. The SMILES string of the molecule is NC(CC(=O)OCc1ccccc1)S(=O)(=O)NC1CCCCC1. The Hall–Kier alpha value is -1.44. The highest BCUT2D eigenvalue weighted by molar-refractivity contribution is 7.90. The van der Waals surface area contributed by atoms with Crippen LogP contribution in [-0.4, -0.2) is 25.8 Å². The van der Waals surface area contributed by atoms with E-state index < -0.39 is 21.4 Å². The first-order valence-corrected chi connectivity index (χ1v) is 9.48. The molecule has 1 aromatic rings. The van der Waals surface area contributed by atoms with Crippen molar-refractivity contribution >= 4 is 16.0 Å². The topological polar surface area (TPSA) is 98.5 Å². The molecule has 128 valence electrons. The fraction of sp³-hybridized carbons (Fsp3) is 0.562.